The zero-order valence-electron chi connectivity index (χ0n) is 16.1. The molecule has 3 rings (SSSR count). The van der Waals surface area contributed by atoms with Gasteiger partial charge in [0, 0.05) is 6.07 Å². The van der Waals surface area contributed by atoms with Crippen LogP contribution in [0, 0.1) is 32.5 Å². The first-order chi connectivity index (χ1) is 11.8. The summed E-state index contributed by atoms with van der Waals surface area (Å²) < 4.78 is 16.4. The van der Waals surface area contributed by atoms with Gasteiger partial charge >= 0.3 is 0 Å². The second kappa shape index (κ2) is 6.59. The van der Waals surface area contributed by atoms with Crippen molar-refractivity contribution in [2.45, 2.75) is 41.0 Å². The molecule has 0 spiro atoms. The third-order valence-corrected chi connectivity index (χ3v) is 5.10. The fourth-order valence-corrected chi connectivity index (χ4v) is 3.65. The van der Waals surface area contributed by atoms with Crippen LogP contribution in [0.1, 0.15) is 36.1 Å². The molecule has 0 unspecified atom stereocenters. The lowest BCUT2D eigenvalue weighted by Crippen LogP contribution is -2.31. The lowest BCUT2D eigenvalue weighted by Gasteiger charge is -2.13. The second-order valence-corrected chi connectivity index (χ2v) is 7.60. The van der Waals surface area contributed by atoms with Gasteiger partial charge in [-0.3, -0.25) is 0 Å². The van der Waals surface area contributed by atoms with Crippen molar-refractivity contribution in [1.82, 2.24) is 0 Å². The van der Waals surface area contributed by atoms with E-state index in [1.165, 1.54) is 16.3 Å². The largest absolute Gasteiger partial charge is 0.220 e. The fraction of sp³-hybridized carbons (Fsp3) is 0.348. The molecule has 0 saturated heterocycles. The number of aryl methyl sites for hydroxylation is 2. The molecule has 130 valence electrons. The van der Waals surface area contributed by atoms with Gasteiger partial charge in [0.05, 0.1) is 10.9 Å². The highest BCUT2D eigenvalue weighted by Gasteiger charge is 2.20. The Hall–Kier alpha value is -2.22. The van der Waals surface area contributed by atoms with Gasteiger partial charge in [-0.25, -0.2) is 8.96 Å². The predicted octanol–water partition coefficient (Wildman–Crippen LogP) is 5.59. The van der Waals surface area contributed by atoms with Crippen LogP contribution in [0.25, 0.3) is 22.0 Å². The maximum absolute atomic E-state index is 14.3. The molecule has 1 heterocycles. The van der Waals surface area contributed by atoms with E-state index >= 15 is 0 Å². The summed E-state index contributed by atoms with van der Waals surface area (Å²) >= 11 is 0. The number of hydrogen-bond donors (Lipinski definition) is 0. The van der Waals surface area contributed by atoms with Gasteiger partial charge in [-0.15, -0.1) is 0 Å². The summed E-state index contributed by atoms with van der Waals surface area (Å²) in [5, 5.41) is 2.45. The van der Waals surface area contributed by atoms with Crippen LogP contribution in [0.3, 0.4) is 0 Å². The highest BCUT2D eigenvalue weighted by molar-refractivity contribution is 5.94. The predicted molar refractivity (Wildman–Crippen MR) is 103 cm³/mol. The highest BCUT2D eigenvalue weighted by atomic mass is 19.1. The van der Waals surface area contributed by atoms with E-state index in [-0.39, 0.29) is 5.82 Å². The monoisotopic (exact) mass is 336 g/mol. The number of hydrogen-bond acceptors (Lipinski definition) is 0. The molecule has 0 aliphatic rings. The molecule has 0 N–H and O–H groups in total. The van der Waals surface area contributed by atoms with Crippen molar-refractivity contribution in [1.29, 1.82) is 0 Å². The van der Waals surface area contributed by atoms with Gasteiger partial charge < -0.3 is 0 Å². The quantitative estimate of drug-likeness (QED) is 0.549. The maximum atomic E-state index is 14.3. The van der Waals surface area contributed by atoms with E-state index in [0.29, 0.717) is 11.5 Å². The molecule has 0 saturated carbocycles. The SMILES string of the molecule is Cc1cc(-c2c3ccc(CC(C)C)cc3cc[n+]2C)c(C)c(C)c1F. The molecule has 3 aromatic rings. The van der Waals surface area contributed by atoms with Gasteiger partial charge in [-0.2, -0.15) is 0 Å². The van der Waals surface area contributed by atoms with Crippen molar-refractivity contribution < 1.29 is 8.96 Å². The Morgan fingerprint density at radius 3 is 2.40 bits per heavy atom. The standard InChI is InChI=1S/C23H27FN/c1-14(2)11-18-7-8-20-19(13-18)9-10-25(6)23(20)21-12-15(3)22(24)17(5)16(21)4/h7-10,12-14H,11H2,1-6H3/q+1. The molecule has 0 atom stereocenters. The van der Waals surface area contributed by atoms with Crippen LogP contribution < -0.4 is 4.57 Å². The normalized spacial score (nSPS) is 11.5. The Morgan fingerprint density at radius 1 is 1.00 bits per heavy atom. The van der Waals surface area contributed by atoms with Crippen molar-refractivity contribution in [3.8, 4) is 11.3 Å². The molecule has 1 aromatic heterocycles. The molecule has 2 aromatic carbocycles. The van der Waals surface area contributed by atoms with E-state index < -0.39 is 0 Å². The fourth-order valence-electron chi connectivity index (χ4n) is 3.65. The number of rotatable bonds is 3. The van der Waals surface area contributed by atoms with Crippen LogP contribution in [0.5, 0.6) is 0 Å². The molecule has 0 amide bonds. The Bertz CT molecular complexity index is 954. The van der Waals surface area contributed by atoms with Crippen LogP contribution in [0.4, 0.5) is 4.39 Å². The summed E-state index contributed by atoms with van der Waals surface area (Å²) in [6.45, 7) is 10.2. The Balaban J connectivity index is 2.28. The van der Waals surface area contributed by atoms with E-state index in [0.717, 1.165) is 28.8 Å². The van der Waals surface area contributed by atoms with E-state index in [1.807, 2.05) is 26.8 Å². The topological polar surface area (TPSA) is 3.88 Å². The molecule has 0 aliphatic heterocycles. The number of benzene rings is 2. The van der Waals surface area contributed by atoms with Crippen molar-refractivity contribution in [2.75, 3.05) is 0 Å². The van der Waals surface area contributed by atoms with Crippen molar-refractivity contribution in [3.05, 3.63) is 64.6 Å². The first kappa shape index (κ1) is 17.6. The average molecular weight is 336 g/mol. The van der Waals surface area contributed by atoms with Crippen LogP contribution in [-0.2, 0) is 13.5 Å². The van der Waals surface area contributed by atoms with Crippen LogP contribution in [0.2, 0.25) is 0 Å². The van der Waals surface area contributed by atoms with Gasteiger partial charge in [-0.1, -0.05) is 26.0 Å². The van der Waals surface area contributed by atoms with E-state index in [1.54, 1.807) is 0 Å². The Morgan fingerprint density at radius 2 is 1.72 bits per heavy atom. The molecule has 2 heteroatoms. The molecular formula is C23H27FN+. The smallest absolute Gasteiger partial charge is 0.206 e. The maximum Gasteiger partial charge on any atom is 0.220 e. The number of nitrogens with zero attached hydrogens (tertiary/aromatic N) is 1. The highest BCUT2D eigenvalue weighted by Crippen LogP contribution is 2.32. The summed E-state index contributed by atoms with van der Waals surface area (Å²) in [6, 6.07) is 10.9. The van der Waals surface area contributed by atoms with E-state index in [9.17, 15) is 4.39 Å². The van der Waals surface area contributed by atoms with Gasteiger partial charge in [0.15, 0.2) is 6.20 Å². The third kappa shape index (κ3) is 3.18. The van der Waals surface area contributed by atoms with Crippen molar-refractivity contribution in [2.24, 2.45) is 13.0 Å². The minimum atomic E-state index is -0.0941. The van der Waals surface area contributed by atoms with Crippen LogP contribution in [-0.4, -0.2) is 0 Å². The first-order valence-electron chi connectivity index (χ1n) is 8.97. The molecular weight excluding hydrogens is 309 g/mol. The first-order valence-corrected chi connectivity index (χ1v) is 8.97. The minimum absolute atomic E-state index is 0.0941. The number of halogens is 1. The Kier molecular flexibility index (Phi) is 4.64. The van der Waals surface area contributed by atoms with Gasteiger partial charge in [0.25, 0.3) is 0 Å². The van der Waals surface area contributed by atoms with Crippen LogP contribution >= 0.6 is 0 Å². The number of fused-ring (bicyclic) bond motifs is 1. The summed E-state index contributed by atoms with van der Waals surface area (Å²) in [5.74, 6) is 0.546. The molecule has 25 heavy (non-hydrogen) atoms. The molecule has 1 nitrogen and oxygen atoms in total. The lowest BCUT2D eigenvalue weighted by molar-refractivity contribution is -0.659. The third-order valence-electron chi connectivity index (χ3n) is 5.10. The zero-order chi connectivity index (χ0) is 18.3. The molecule has 0 radical (unpaired) electrons. The minimum Gasteiger partial charge on any atom is -0.206 e. The number of aromatic nitrogens is 1. The second-order valence-electron chi connectivity index (χ2n) is 7.60. The summed E-state index contributed by atoms with van der Waals surface area (Å²) in [5.41, 5.74) is 6.08. The summed E-state index contributed by atoms with van der Waals surface area (Å²) in [6.07, 6.45) is 3.18. The van der Waals surface area contributed by atoms with E-state index in [4.69, 9.17) is 0 Å². The summed E-state index contributed by atoms with van der Waals surface area (Å²) in [7, 11) is 2.06. The van der Waals surface area contributed by atoms with E-state index in [2.05, 4.69) is 55.9 Å². The number of pyridine rings is 1. The van der Waals surface area contributed by atoms with Crippen LogP contribution in [0.15, 0.2) is 36.5 Å². The van der Waals surface area contributed by atoms with Gasteiger partial charge in [0.2, 0.25) is 5.69 Å². The van der Waals surface area contributed by atoms with Gasteiger partial charge in [0.1, 0.15) is 12.9 Å². The van der Waals surface area contributed by atoms with Crippen molar-refractivity contribution >= 4 is 10.8 Å². The van der Waals surface area contributed by atoms with Gasteiger partial charge in [-0.05, 0) is 72.9 Å². The molecule has 0 fully saturated rings. The zero-order valence-corrected chi connectivity index (χ0v) is 16.1. The average Bonchev–Trinajstić information content (AvgIpc) is 2.56. The summed E-state index contributed by atoms with van der Waals surface area (Å²) in [4.78, 5) is 0. The lowest BCUT2D eigenvalue weighted by atomic mass is 9.93. The molecule has 0 bridgehead atoms. The Labute approximate surface area is 150 Å². The molecule has 0 aliphatic carbocycles. The van der Waals surface area contributed by atoms with Crippen molar-refractivity contribution in [3.63, 3.8) is 0 Å².